The van der Waals surface area contributed by atoms with Gasteiger partial charge in [0.1, 0.15) is 0 Å². The van der Waals surface area contributed by atoms with Crippen molar-refractivity contribution in [1.82, 2.24) is 9.80 Å². The first-order valence-corrected chi connectivity index (χ1v) is 10.3. The van der Waals surface area contributed by atoms with Gasteiger partial charge in [-0.15, -0.1) is 0 Å². The van der Waals surface area contributed by atoms with Crippen molar-refractivity contribution < 1.29 is 4.79 Å². The maximum atomic E-state index is 12.9. The van der Waals surface area contributed by atoms with Crippen LogP contribution in [0.5, 0.6) is 0 Å². The van der Waals surface area contributed by atoms with E-state index in [9.17, 15) is 4.79 Å². The second-order valence-corrected chi connectivity index (χ2v) is 8.16. The summed E-state index contributed by atoms with van der Waals surface area (Å²) in [4.78, 5) is 17.6. The summed E-state index contributed by atoms with van der Waals surface area (Å²) >= 11 is 0. The normalized spacial score (nSPS) is 23.2. The summed E-state index contributed by atoms with van der Waals surface area (Å²) in [5, 5.41) is 0. The molecule has 2 atom stereocenters. The molecular weight excluding hydrogens is 332 g/mol. The van der Waals surface area contributed by atoms with Crippen molar-refractivity contribution in [2.45, 2.75) is 57.2 Å². The van der Waals surface area contributed by atoms with E-state index in [1.807, 2.05) is 18.0 Å². The molecule has 1 aliphatic heterocycles. The number of hydrogen-bond acceptors (Lipinski definition) is 2. The van der Waals surface area contributed by atoms with E-state index in [0.29, 0.717) is 18.5 Å². The second kappa shape index (κ2) is 7.85. The van der Waals surface area contributed by atoms with Crippen molar-refractivity contribution in [3.8, 4) is 11.1 Å². The van der Waals surface area contributed by atoms with Crippen molar-refractivity contribution in [1.29, 1.82) is 0 Å². The molecule has 0 spiro atoms. The molecular formula is C24H30N2O. The van der Waals surface area contributed by atoms with Crippen LogP contribution < -0.4 is 0 Å². The molecule has 0 radical (unpaired) electrons. The lowest BCUT2D eigenvalue weighted by atomic mass is 9.95. The van der Waals surface area contributed by atoms with Gasteiger partial charge in [0.25, 0.3) is 0 Å². The number of likely N-dealkylation sites (N-methyl/N-ethyl adjacent to an activating group) is 1. The summed E-state index contributed by atoms with van der Waals surface area (Å²) in [7, 11) is 2.00. The van der Waals surface area contributed by atoms with Gasteiger partial charge in [-0.05, 0) is 55.8 Å². The molecule has 0 N–H and O–H groups in total. The van der Waals surface area contributed by atoms with Gasteiger partial charge in [-0.2, -0.15) is 0 Å². The van der Waals surface area contributed by atoms with Gasteiger partial charge in [-0.3, -0.25) is 9.69 Å². The first-order valence-electron chi connectivity index (χ1n) is 10.3. The van der Waals surface area contributed by atoms with E-state index in [2.05, 4.69) is 60.4 Å². The summed E-state index contributed by atoms with van der Waals surface area (Å²) < 4.78 is 0. The first kappa shape index (κ1) is 18.2. The molecule has 4 rings (SSSR count). The molecule has 3 heteroatoms. The Morgan fingerprint density at radius 1 is 1.00 bits per heavy atom. The molecule has 0 aromatic heterocycles. The van der Waals surface area contributed by atoms with Crippen molar-refractivity contribution >= 4 is 5.91 Å². The van der Waals surface area contributed by atoms with Crippen LogP contribution in [-0.4, -0.2) is 47.4 Å². The molecule has 2 fully saturated rings. The SMILES string of the molecule is CC1C(N(C)C(=O)Cc2ccc(-c3ccccc3)cc2)CCCN1C1CC1. The van der Waals surface area contributed by atoms with Crippen molar-refractivity contribution in [3.63, 3.8) is 0 Å². The van der Waals surface area contributed by atoms with Gasteiger partial charge in [-0.1, -0.05) is 54.6 Å². The largest absolute Gasteiger partial charge is 0.341 e. The number of rotatable bonds is 5. The van der Waals surface area contributed by atoms with Gasteiger partial charge in [-0.25, -0.2) is 0 Å². The number of nitrogens with zero attached hydrogens (tertiary/aromatic N) is 2. The van der Waals surface area contributed by atoms with Gasteiger partial charge in [0.15, 0.2) is 0 Å². The molecule has 2 aromatic carbocycles. The fourth-order valence-corrected chi connectivity index (χ4v) is 4.52. The zero-order chi connectivity index (χ0) is 18.8. The molecule has 3 nitrogen and oxygen atoms in total. The molecule has 27 heavy (non-hydrogen) atoms. The lowest BCUT2D eigenvalue weighted by molar-refractivity contribution is -0.133. The van der Waals surface area contributed by atoms with Crippen LogP contribution in [0.15, 0.2) is 54.6 Å². The average molecular weight is 363 g/mol. The van der Waals surface area contributed by atoms with Gasteiger partial charge in [0.05, 0.1) is 6.42 Å². The molecule has 1 heterocycles. The van der Waals surface area contributed by atoms with Gasteiger partial charge in [0.2, 0.25) is 5.91 Å². The number of carbonyl (C=O) groups is 1. The second-order valence-electron chi connectivity index (χ2n) is 8.16. The quantitative estimate of drug-likeness (QED) is 0.788. The van der Waals surface area contributed by atoms with Crippen LogP contribution in [0.1, 0.15) is 38.2 Å². The predicted octanol–water partition coefficient (Wildman–Crippen LogP) is 4.37. The number of benzene rings is 2. The molecule has 2 aromatic rings. The molecule has 2 unspecified atom stereocenters. The van der Waals surface area contributed by atoms with E-state index in [1.54, 1.807) is 0 Å². The molecule has 1 saturated carbocycles. The highest BCUT2D eigenvalue weighted by atomic mass is 16.2. The third kappa shape index (κ3) is 4.08. The van der Waals surface area contributed by atoms with E-state index in [4.69, 9.17) is 0 Å². The lowest BCUT2D eigenvalue weighted by Crippen LogP contribution is -2.55. The minimum absolute atomic E-state index is 0.233. The zero-order valence-electron chi connectivity index (χ0n) is 16.5. The van der Waals surface area contributed by atoms with Crippen LogP contribution in [-0.2, 0) is 11.2 Å². The Labute approximate surface area is 163 Å². The zero-order valence-corrected chi connectivity index (χ0v) is 16.5. The summed E-state index contributed by atoms with van der Waals surface area (Å²) in [5.74, 6) is 0.233. The van der Waals surface area contributed by atoms with Crippen LogP contribution in [0.3, 0.4) is 0 Å². The van der Waals surface area contributed by atoms with Gasteiger partial charge in [0, 0.05) is 25.2 Å². The summed E-state index contributed by atoms with van der Waals surface area (Å²) in [6, 6.07) is 20.4. The summed E-state index contributed by atoms with van der Waals surface area (Å²) in [6.45, 7) is 3.51. The van der Waals surface area contributed by atoms with Gasteiger partial charge < -0.3 is 4.90 Å². The standard InChI is InChI=1S/C24H30N2O/c1-18-23(9-6-16-26(18)22-14-15-22)25(2)24(27)17-19-10-12-21(13-11-19)20-7-4-3-5-8-20/h3-5,7-8,10-13,18,22-23H,6,9,14-17H2,1-2H3. The average Bonchev–Trinajstić information content (AvgIpc) is 3.54. The Bertz CT molecular complexity index is 767. The highest BCUT2D eigenvalue weighted by Gasteiger charge is 2.39. The van der Waals surface area contributed by atoms with E-state index >= 15 is 0 Å². The Morgan fingerprint density at radius 2 is 1.67 bits per heavy atom. The van der Waals surface area contributed by atoms with E-state index in [1.165, 1.54) is 36.9 Å². The maximum absolute atomic E-state index is 12.9. The van der Waals surface area contributed by atoms with Crippen molar-refractivity contribution in [2.24, 2.45) is 0 Å². The fourth-order valence-electron chi connectivity index (χ4n) is 4.52. The number of carbonyl (C=O) groups excluding carboxylic acids is 1. The van der Waals surface area contributed by atoms with Crippen molar-refractivity contribution in [3.05, 3.63) is 60.2 Å². The third-order valence-corrected chi connectivity index (χ3v) is 6.32. The molecule has 1 amide bonds. The molecule has 1 aliphatic carbocycles. The summed E-state index contributed by atoms with van der Waals surface area (Å²) in [5.41, 5.74) is 3.50. The Kier molecular flexibility index (Phi) is 5.31. The Balaban J connectivity index is 1.39. The summed E-state index contributed by atoms with van der Waals surface area (Å²) in [6.07, 6.45) is 5.48. The monoisotopic (exact) mass is 362 g/mol. The lowest BCUT2D eigenvalue weighted by Gasteiger charge is -2.43. The van der Waals surface area contributed by atoms with Crippen LogP contribution >= 0.6 is 0 Å². The number of likely N-dealkylation sites (tertiary alicyclic amines) is 1. The van der Waals surface area contributed by atoms with Gasteiger partial charge >= 0.3 is 0 Å². The first-order chi connectivity index (χ1) is 13.1. The Hall–Kier alpha value is -2.13. The predicted molar refractivity (Wildman–Crippen MR) is 111 cm³/mol. The maximum Gasteiger partial charge on any atom is 0.227 e. The third-order valence-electron chi connectivity index (χ3n) is 6.32. The number of piperidine rings is 1. The molecule has 0 bridgehead atoms. The molecule has 1 saturated heterocycles. The van der Waals surface area contributed by atoms with E-state index in [0.717, 1.165) is 18.0 Å². The Morgan fingerprint density at radius 3 is 2.33 bits per heavy atom. The molecule has 142 valence electrons. The van der Waals surface area contributed by atoms with Crippen LogP contribution in [0.2, 0.25) is 0 Å². The van der Waals surface area contributed by atoms with Crippen LogP contribution in [0.4, 0.5) is 0 Å². The number of hydrogen-bond donors (Lipinski definition) is 0. The minimum atomic E-state index is 0.233. The minimum Gasteiger partial charge on any atom is -0.341 e. The highest BCUT2D eigenvalue weighted by molar-refractivity contribution is 5.79. The fraction of sp³-hybridized carbons (Fsp3) is 0.458. The van der Waals surface area contributed by atoms with Crippen LogP contribution in [0, 0.1) is 0 Å². The topological polar surface area (TPSA) is 23.6 Å². The van der Waals surface area contributed by atoms with E-state index in [-0.39, 0.29) is 5.91 Å². The van der Waals surface area contributed by atoms with Crippen molar-refractivity contribution in [2.75, 3.05) is 13.6 Å². The smallest absolute Gasteiger partial charge is 0.227 e. The van der Waals surface area contributed by atoms with E-state index < -0.39 is 0 Å². The highest BCUT2D eigenvalue weighted by Crippen LogP contribution is 2.34. The number of amides is 1. The van der Waals surface area contributed by atoms with Crippen LogP contribution in [0.25, 0.3) is 11.1 Å². The molecule has 2 aliphatic rings.